The Hall–Kier alpha value is -1.37. The number of aryl methyl sites for hydroxylation is 2. The molecule has 100 valence electrons. The minimum Gasteiger partial charge on any atom is -0.338 e. The zero-order valence-electron chi connectivity index (χ0n) is 10.8. The molecule has 1 aliphatic heterocycles. The van der Waals surface area contributed by atoms with E-state index in [1.807, 2.05) is 0 Å². The van der Waals surface area contributed by atoms with Crippen molar-refractivity contribution >= 4 is 15.7 Å². The van der Waals surface area contributed by atoms with E-state index in [-0.39, 0.29) is 23.5 Å². The van der Waals surface area contributed by atoms with Crippen molar-refractivity contribution in [2.45, 2.75) is 19.4 Å². The van der Waals surface area contributed by atoms with E-state index in [2.05, 4.69) is 5.10 Å². The number of rotatable bonds is 2. The number of sulfone groups is 1. The predicted molar refractivity (Wildman–Crippen MR) is 67.1 cm³/mol. The van der Waals surface area contributed by atoms with E-state index in [4.69, 9.17) is 0 Å². The molecular formula is C11H17N3O3S. The molecule has 1 aromatic heterocycles. The van der Waals surface area contributed by atoms with Crippen molar-refractivity contribution in [3.05, 3.63) is 17.5 Å². The lowest BCUT2D eigenvalue weighted by Crippen LogP contribution is -2.37. The van der Waals surface area contributed by atoms with E-state index < -0.39 is 9.84 Å². The Morgan fingerprint density at radius 3 is 2.67 bits per heavy atom. The number of hydrogen-bond acceptors (Lipinski definition) is 4. The van der Waals surface area contributed by atoms with Crippen LogP contribution in [-0.4, -0.2) is 53.6 Å². The summed E-state index contributed by atoms with van der Waals surface area (Å²) in [5.41, 5.74) is 1.19. The van der Waals surface area contributed by atoms with Gasteiger partial charge in [0.2, 0.25) is 0 Å². The molecule has 1 aliphatic rings. The number of amides is 1. The van der Waals surface area contributed by atoms with Crippen molar-refractivity contribution in [2.75, 3.05) is 18.6 Å². The lowest BCUT2D eigenvalue weighted by molar-refractivity contribution is 0.0747. The molecule has 0 aliphatic carbocycles. The topological polar surface area (TPSA) is 72.3 Å². The molecule has 1 saturated heterocycles. The van der Waals surface area contributed by atoms with Crippen LogP contribution in [0.5, 0.6) is 0 Å². The van der Waals surface area contributed by atoms with Gasteiger partial charge in [-0.2, -0.15) is 5.10 Å². The van der Waals surface area contributed by atoms with E-state index >= 15 is 0 Å². The highest BCUT2D eigenvalue weighted by molar-refractivity contribution is 7.91. The normalized spacial score (nSPS) is 22.1. The third kappa shape index (κ3) is 2.40. The van der Waals surface area contributed by atoms with Gasteiger partial charge in [0.25, 0.3) is 5.91 Å². The maximum absolute atomic E-state index is 12.3. The predicted octanol–water partition coefficient (Wildman–Crippen LogP) is -0.0124. The van der Waals surface area contributed by atoms with Crippen LogP contribution in [0.2, 0.25) is 0 Å². The minimum absolute atomic E-state index is 0.0640. The van der Waals surface area contributed by atoms with E-state index in [1.54, 1.807) is 31.9 Å². The zero-order valence-corrected chi connectivity index (χ0v) is 11.6. The van der Waals surface area contributed by atoms with Crippen LogP contribution in [0.3, 0.4) is 0 Å². The molecule has 1 amide bonds. The Morgan fingerprint density at radius 2 is 2.22 bits per heavy atom. The van der Waals surface area contributed by atoms with E-state index in [0.29, 0.717) is 17.7 Å². The molecule has 6 nitrogen and oxygen atoms in total. The van der Waals surface area contributed by atoms with Crippen molar-refractivity contribution in [2.24, 2.45) is 7.05 Å². The van der Waals surface area contributed by atoms with Gasteiger partial charge in [-0.3, -0.25) is 9.48 Å². The second kappa shape index (κ2) is 4.38. The summed E-state index contributed by atoms with van der Waals surface area (Å²) < 4.78 is 24.4. The molecule has 0 radical (unpaired) electrons. The lowest BCUT2D eigenvalue weighted by atomic mass is 10.2. The summed E-state index contributed by atoms with van der Waals surface area (Å²) in [4.78, 5) is 13.8. The van der Waals surface area contributed by atoms with Gasteiger partial charge in [-0.05, 0) is 13.3 Å². The first-order valence-corrected chi connectivity index (χ1v) is 7.60. The van der Waals surface area contributed by atoms with Crippen LogP contribution in [0.15, 0.2) is 6.20 Å². The van der Waals surface area contributed by atoms with E-state index in [1.165, 1.54) is 4.90 Å². The monoisotopic (exact) mass is 271 g/mol. The van der Waals surface area contributed by atoms with Gasteiger partial charge in [-0.1, -0.05) is 0 Å². The number of hydrogen-bond donors (Lipinski definition) is 0. The molecule has 2 heterocycles. The Bertz CT molecular complexity index is 576. The van der Waals surface area contributed by atoms with Crippen LogP contribution < -0.4 is 0 Å². The third-order valence-electron chi connectivity index (χ3n) is 3.32. The Kier molecular flexibility index (Phi) is 3.18. The fraction of sp³-hybridized carbons (Fsp3) is 0.636. The molecule has 0 aromatic carbocycles. The van der Waals surface area contributed by atoms with E-state index in [0.717, 1.165) is 0 Å². The molecule has 0 N–H and O–H groups in total. The smallest absolute Gasteiger partial charge is 0.257 e. The average molecular weight is 271 g/mol. The van der Waals surface area contributed by atoms with Gasteiger partial charge in [-0.25, -0.2) is 8.42 Å². The minimum atomic E-state index is -2.98. The second-order valence-corrected chi connectivity index (χ2v) is 7.00. The van der Waals surface area contributed by atoms with Gasteiger partial charge >= 0.3 is 0 Å². The highest BCUT2D eigenvalue weighted by atomic mass is 32.2. The summed E-state index contributed by atoms with van der Waals surface area (Å²) in [5.74, 6) is 0.0678. The van der Waals surface area contributed by atoms with Gasteiger partial charge in [-0.15, -0.1) is 0 Å². The highest BCUT2D eigenvalue weighted by Gasteiger charge is 2.33. The van der Waals surface area contributed by atoms with Crippen LogP contribution >= 0.6 is 0 Å². The van der Waals surface area contributed by atoms with Crippen LogP contribution in [-0.2, 0) is 16.9 Å². The molecule has 0 saturated carbocycles. The van der Waals surface area contributed by atoms with Crippen molar-refractivity contribution in [3.8, 4) is 0 Å². The van der Waals surface area contributed by atoms with Crippen molar-refractivity contribution in [1.29, 1.82) is 0 Å². The van der Waals surface area contributed by atoms with Gasteiger partial charge in [0.05, 0.1) is 22.8 Å². The first-order valence-electron chi connectivity index (χ1n) is 5.78. The molecule has 1 aromatic rings. The quantitative estimate of drug-likeness (QED) is 0.758. The molecule has 1 fully saturated rings. The van der Waals surface area contributed by atoms with Crippen molar-refractivity contribution < 1.29 is 13.2 Å². The van der Waals surface area contributed by atoms with Gasteiger partial charge < -0.3 is 4.90 Å². The summed E-state index contributed by atoms with van der Waals surface area (Å²) in [6.45, 7) is 1.77. The molecule has 2 rings (SSSR count). The fourth-order valence-corrected chi connectivity index (χ4v) is 4.02. The highest BCUT2D eigenvalue weighted by Crippen LogP contribution is 2.19. The number of aromatic nitrogens is 2. The molecular weight excluding hydrogens is 254 g/mol. The molecule has 1 unspecified atom stereocenters. The van der Waals surface area contributed by atoms with Gasteiger partial charge in [0.15, 0.2) is 9.84 Å². The average Bonchev–Trinajstić information content (AvgIpc) is 2.79. The molecule has 1 atom stereocenters. The standard InChI is InChI=1S/C11H17N3O3S/c1-8-10(6-13(2)12-8)11(15)14(3)9-4-5-18(16,17)7-9/h6,9H,4-5,7H2,1-3H3. The maximum Gasteiger partial charge on any atom is 0.257 e. The van der Waals surface area contributed by atoms with Crippen molar-refractivity contribution in [1.82, 2.24) is 14.7 Å². The number of carbonyl (C=O) groups excluding carboxylic acids is 1. The lowest BCUT2D eigenvalue weighted by Gasteiger charge is -2.23. The first-order chi connectivity index (χ1) is 8.30. The Labute approximate surface area is 106 Å². The Balaban J connectivity index is 2.17. The molecule has 0 bridgehead atoms. The molecule has 7 heteroatoms. The van der Waals surface area contributed by atoms with E-state index in [9.17, 15) is 13.2 Å². The van der Waals surface area contributed by atoms with Gasteiger partial charge in [0, 0.05) is 26.3 Å². The summed E-state index contributed by atoms with van der Waals surface area (Å²) in [5, 5.41) is 4.12. The number of carbonyl (C=O) groups is 1. The molecule has 0 spiro atoms. The zero-order chi connectivity index (χ0) is 13.5. The Morgan fingerprint density at radius 1 is 1.56 bits per heavy atom. The second-order valence-electron chi connectivity index (χ2n) is 4.77. The van der Waals surface area contributed by atoms with Crippen LogP contribution in [0.25, 0.3) is 0 Å². The van der Waals surface area contributed by atoms with Crippen LogP contribution in [0, 0.1) is 6.92 Å². The first kappa shape index (κ1) is 13.1. The van der Waals surface area contributed by atoms with Crippen LogP contribution in [0.4, 0.5) is 0 Å². The molecule has 18 heavy (non-hydrogen) atoms. The summed E-state index contributed by atoms with van der Waals surface area (Å²) in [6.07, 6.45) is 2.18. The largest absolute Gasteiger partial charge is 0.338 e. The fourth-order valence-electron chi connectivity index (χ4n) is 2.25. The van der Waals surface area contributed by atoms with Gasteiger partial charge in [0.1, 0.15) is 0 Å². The maximum atomic E-state index is 12.3. The van der Waals surface area contributed by atoms with Crippen LogP contribution in [0.1, 0.15) is 22.5 Å². The summed E-state index contributed by atoms with van der Waals surface area (Å²) >= 11 is 0. The summed E-state index contributed by atoms with van der Waals surface area (Å²) in [7, 11) is 0.431. The van der Waals surface area contributed by atoms with Crippen molar-refractivity contribution in [3.63, 3.8) is 0 Å². The summed E-state index contributed by atoms with van der Waals surface area (Å²) in [6, 6.07) is -0.220. The number of nitrogens with zero attached hydrogens (tertiary/aromatic N) is 3. The third-order valence-corrected chi connectivity index (χ3v) is 5.07. The SMILES string of the molecule is Cc1nn(C)cc1C(=O)N(C)C1CCS(=O)(=O)C1.